The summed E-state index contributed by atoms with van der Waals surface area (Å²) >= 11 is 1.69. The summed E-state index contributed by atoms with van der Waals surface area (Å²) in [5.74, 6) is 0.748. The molecule has 0 radical (unpaired) electrons. The van der Waals surface area contributed by atoms with Gasteiger partial charge in [0.2, 0.25) is 0 Å². The van der Waals surface area contributed by atoms with Crippen molar-refractivity contribution in [2.24, 2.45) is 0 Å². The fourth-order valence-corrected chi connectivity index (χ4v) is 3.24. The molecule has 18 heavy (non-hydrogen) atoms. The molecule has 2 heterocycles. The Morgan fingerprint density at radius 2 is 1.94 bits per heavy atom. The summed E-state index contributed by atoms with van der Waals surface area (Å²) in [7, 11) is 0. The average Bonchev–Trinajstić information content (AvgIpc) is 2.94. The minimum Gasteiger partial charge on any atom is -0.297 e. The van der Waals surface area contributed by atoms with Crippen LogP contribution >= 0.6 is 11.3 Å². The Hall–Kier alpha value is -1.19. The van der Waals surface area contributed by atoms with Crippen LogP contribution in [0.4, 0.5) is 0 Å². The van der Waals surface area contributed by atoms with E-state index >= 15 is 0 Å². The number of benzene rings is 1. The van der Waals surface area contributed by atoms with Gasteiger partial charge < -0.3 is 0 Å². The van der Waals surface area contributed by atoms with E-state index in [9.17, 15) is 0 Å². The van der Waals surface area contributed by atoms with Crippen LogP contribution in [0.15, 0.2) is 41.2 Å². The fourth-order valence-electron chi connectivity index (χ4n) is 2.69. The van der Waals surface area contributed by atoms with Crippen LogP contribution in [-0.4, -0.2) is 23.0 Å². The summed E-state index contributed by atoms with van der Waals surface area (Å²) in [4.78, 5) is 6.89. The molecule has 2 aromatic rings. The van der Waals surface area contributed by atoms with Crippen LogP contribution < -0.4 is 0 Å². The maximum Gasteiger partial charge on any atom is 0.0795 e. The predicted octanol–water partition coefficient (Wildman–Crippen LogP) is 3.52. The lowest BCUT2D eigenvalue weighted by atomic mass is 9.89. The first-order valence-electron chi connectivity index (χ1n) is 6.56. The molecule has 2 nitrogen and oxygen atoms in total. The molecule has 0 aliphatic carbocycles. The third-order valence-corrected chi connectivity index (χ3v) is 4.36. The Labute approximate surface area is 112 Å². The lowest BCUT2D eigenvalue weighted by Crippen LogP contribution is -2.32. The van der Waals surface area contributed by atoms with Gasteiger partial charge in [-0.1, -0.05) is 30.3 Å². The highest BCUT2D eigenvalue weighted by Gasteiger charge is 2.20. The summed E-state index contributed by atoms with van der Waals surface area (Å²) in [6.45, 7) is 3.40. The van der Waals surface area contributed by atoms with E-state index in [0.29, 0.717) is 0 Å². The SMILES string of the molecule is c1ccc(C2CCN(Cc3cscn3)CC2)cc1. The molecule has 0 amide bonds. The number of piperidine rings is 1. The Kier molecular flexibility index (Phi) is 3.72. The first kappa shape index (κ1) is 11.9. The van der Waals surface area contributed by atoms with Crippen molar-refractivity contribution in [2.75, 3.05) is 13.1 Å². The van der Waals surface area contributed by atoms with Gasteiger partial charge >= 0.3 is 0 Å². The van der Waals surface area contributed by atoms with E-state index in [0.717, 1.165) is 12.5 Å². The number of hydrogen-bond acceptors (Lipinski definition) is 3. The Bertz CT molecular complexity index is 459. The van der Waals surface area contributed by atoms with Gasteiger partial charge in [-0.25, -0.2) is 4.98 Å². The molecule has 3 heteroatoms. The zero-order valence-electron chi connectivity index (χ0n) is 10.5. The minimum atomic E-state index is 0.748. The summed E-state index contributed by atoms with van der Waals surface area (Å²) < 4.78 is 0. The van der Waals surface area contributed by atoms with Crippen molar-refractivity contribution in [2.45, 2.75) is 25.3 Å². The van der Waals surface area contributed by atoms with Gasteiger partial charge in [-0.3, -0.25) is 4.90 Å². The van der Waals surface area contributed by atoms with E-state index in [1.165, 1.54) is 37.2 Å². The second kappa shape index (κ2) is 5.63. The van der Waals surface area contributed by atoms with Crippen LogP contribution in [0.5, 0.6) is 0 Å². The zero-order chi connectivity index (χ0) is 12.2. The smallest absolute Gasteiger partial charge is 0.0795 e. The standard InChI is InChI=1S/C15H18N2S/c1-2-4-13(5-3-1)14-6-8-17(9-7-14)10-15-11-18-12-16-15/h1-5,11-12,14H,6-10H2. The first-order valence-corrected chi connectivity index (χ1v) is 7.50. The zero-order valence-corrected chi connectivity index (χ0v) is 11.3. The lowest BCUT2D eigenvalue weighted by molar-refractivity contribution is 0.203. The van der Waals surface area contributed by atoms with E-state index in [2.05, 4.69) is 45.6 Å². The predicted molar refractivity (Wildman–Crippen MR) is 75.8 cm³/mol. The average molecular weight is 258 g/mol. The highest BCUT2D eigenvalue weighted by atomic mass is 32.1. The van der Waals surface area contributed by atoms with Gasteiger partial charge in [0.1, 0.15) is 0 Å². The highest BCUT2D eigenvalue weighted by Crippen LogP contribution is 2.28. The molecule has 1 aliphatic heterocycles. The van der Waals surface area contributed by atoms with Gasteiger partial charge in [0.25, 0.3) is 0 Å². The molecule has 1 aromatic carbocycles. The fraction of sp³-hybridized carbons (Fsp3) is 0.400. The van der Waals surface area contributed by atoms with Gasteiger partial charge in [0.15, 0.2) is 0 Å². The van der Waals surface area contributed by atoms with E-state index in [4.69, 9.17) is 0 Å². The molecule has 1 fully saturated rings. The van der Waals surface area contributed by atoms with E-state index in [1.807, 2.05) is 5.51 Å². The lowest BCUT2D eigenvalue weighted by Gasteiger charge is -2.31. The number of rotatable bonds is 3. The molecule has 0 bridgehead atoms. The van der Waals surface area contributed by atoms with E-state index < -0.39 is 0 Å². The maximum atomic E-state index is 4.36. The topological polar surface area (TPSA) is 16.1 Å². The second-order valence-corrected chi connectivity index (χ2v) is 5.66. The van der Waals surface area contributed by atoms with Crippen LogP contribution in [0.2, 0.25) is 0 Å². The van der Waals surface area contributed by atoms with Gasteiger partial charge in [0.05, 0.1) is 11.2 Å². The Morgan fingerprint density at radius 1 is 1.17 bits per heavy atom. The third kappa shape index (κ3) is 2.79. The summed E-state index contributed by atoms with van der Waals surface area (Å²) in [5, 5.41) is 2.16. The first-order chi connectivity index (χ1) is 8.92. The molecule has 0 unspecified atom stereocenters. The highest BCUT2D eigenvalue weighted by molar-refractivity contribution is 7.07. The number of hydrogen-bond donors (Lipinski definition) is 0. The van der Waals surface area contributed by atoms with Crippen molar-refractivity contribution in [3.05, 3.63) is 52.5 Å². The van der Waals surface area contributed by atoms with Crippen molar-refractivity contribution in [3.63, 3.8) is 0 Å². The van der Waals surface area contributed by atoms with Gasteiger partial charge in [-0.05, 0) is 37.4 Å². The molecule has 3 rings (SSSR count). The van der Waals surface area contributed by atoms with Crippen molar-refractivity contribution < 1.29 is 0 Å². The molecular formula is C15H18N2S. The molecule has 1 aliphatic rings. The van der Waals surface area contributed by atoms with Crippen molar-refractivity contribution in [1.82, 2.24) is 9.88 Å². The van der Waals surface area contributed by atoms with Crippen molar-refractivity contribution in [1.29, 1.82) is 0 Å². The van der Waals surface area contributed by atoms with Crippen LogP contribution in [-0.2, 0) is 6.54 Å². The minimum absolute atomic E-state index is 0.748. The molecule has 0 saturated carbocycles. The molecule has 0 N–H and O–H groups in total. The molecule has 0 atom stereocenters. The summed E-state index contributed by atoms with van der Waals surface area (Å²) in [6.07, 6.45) is 2.54. The van der Waals surface area contributed by atoms with Crippen molar-refractivity contribution >= 4 is 11.3 Å². The molecule has 0 spiro atoms. The number of nitrogens with zero attached hydrogens (tertiary/aromatic N) is 2. The second-order valence-electron chi connectivity index (χ2n) is 4.94. The molecule has 1 saturated heterocycles. The van der Waals surface area contributed by atoms with Crippen LogP contribution in [0.1, 0.15) is 30.0 Å². The molecule has 1 aromatic heterocycles. The number of aromatic nitrogens is 1. The number of likely N-dealkylation sites (tertiary alicyclic amines) is 1. The molecule has 94 valence electrons. The van der Waals surface area contributed by atoms with E-state index in [-0.39, 0.29) is 0 Å². The van der Waals surface area contributed by atoms with Crippen LogP contribution in [0.25, 0.3) is 0 Å². The number of thiazole rings is 1. The third-order valence-electron chi connectivity index (χ3n) is 3.73. The maximum absolute atomic E-state index is 4.36. The monoisotopic (exact) mass is 258 g/mol. The van der Waals surface area contributed by atoms with Gasteiger partial charge in [-0.15, -0.1) is 11.3 Å². The van der Waals surface area contributed by atoms with Gasteiger partial charge in [-0.2, -0.15) is 0 Å². The molecular weight excluding hydrogens is 240 g/mol. The van der Waals surface area contributed by atoms with Crippen LogP contribution in [0, 0.1) is 0 Å². The Balaban J connectivity index is 1.55. The van der Waals surface area contributed by atoms with Gasteiger partial charge in [0, 0.05) is 11.9 Å². The largest absolute Gasteiger partial charge is 0.297 e. The Morgan fingerprint density at radius 3 is 2.61 bits per heavy atom. The summed E-state index contributed by atoms with van der Waals surface area (Å²) in [5.41, 5.74) is 4.65. The van der Waals surface area contributed by atoms with E-state index in [1.54, 1.807) is 11.3 Å². The van der Waals surface area contributed by atoms with Crippen molar-refractivity contribution in [3.8, 4) is 0 Å². The summed E-state index contributed by atoms with van der Waals surface area (Å²) in [6, 6.07) is 10.9. The van der Waals surface area contributed by atoms with Crippen LogP contribution in [0.3, 0.4) is 0 Å². The quantitative estimate of drug-likeness (QED) is 0.837. The normalized spacial score (nSPS) is 18.0.